The van der Waals surface area contributed by atoms with Crippen molar-refractivity contribution in [2.75, 3.05) is 19.8 Å². The highest BCUT2D eigenvalue weighted by molar-refractivity contribution is 5.64. The number of quaternary nitrogens is 1. The summed E-state index contributed by atoms with van der Waals surface area (Å²) in [6.07, 6.45) is 3.57. The third-order valence-corrected chi connectivity index (χ3v) is 2.42. The number of hydrogen-bond acceptors (Lipinski definition) is 2. The average Bonchev–Trinajstić information content (AvgIpc) is 2.26. The van der Waals surface area contributed by atoms with Crippen molar-refractivity contribution in [3.05, 3.63) is 19.7 Å². The minimum Gasteiger partial charge on any atom is -0.395 e. The monoisotopic (exact) mass is 198 g/mol. The van der Waals surface area contributed by atoms with Crippen molar-refractivity contribution in [2.45, 2.75) is 18.9 Å². The minimum absolute atomic E-state index is 0.0169. The zero-order chi connectivity index (χ0) is 10.4. The second-order valence-corrected chi connectivity index (χ2v) is 3.33. The summed E-state index contributed by atoms with van der Waals surface area (Å²) in [6.45, 7) is 5.72. The van der Waals surface area contributed by atoms with E-state index >= 15 is 0 Å². The Morgan fingerprint density at radius 3 is 2.79 bits per heavy atom. The molecule has 0 aromatic carbocycles. The molecular formula is C10H18N2O2. The summed E-state index contributed by atoms with van der Waals surface area (Å²) in [7, 11) is 3.50. The molecule has 1 aliphatic heterocycles. The predicted molar refractivity (Wildman–Crippen MR) is 53.4 cm³/mol. The van der Waals surface area contributed by atoms with Gasteiger partial charge in [-0.1, -0.05) is 6.08 Å². The van der Waals surface area contributed by atoms with Gasteiger partial charge >= 0.3 is 6.03 Å². The zero-order valence-corrected chi connectivity index (χ0v) is 8.45. The number of ether oxygens (including phenoxy) is 1. The van der Waals surface area contributed by atoms with E-state index in [1.165, 1.54) is 5.32 Å². The molecule has 0 atom stereocenters. The van der Waals surface area contributed by atoms with Crippen molar-refractivity contribution < 1.29 is 14.8 Å². The number of urea groups is 1. The lowest BCUT2D eigenvalue weighted by Crippen LogP contribution is -2.85. The van der Waals surface area contributed by atoms with Crippen LogP contribution in [0.2, 0.25) is 0 Å². The minimum atomic E-state index is -0.0169. The molecule has 0 bridgehead atoms. The first kappa shape index (κ1) is 11.2. The first-order valence-corrected chi connectivity index (χ1v) is 4.91. The summed E-state index contributed by atoms with van der Waals surface area (Å²) in [5, 5.41) is 1.36. The number of rotatable bonds is 3. The van der Waals surface area contributed by atoms with Gasteiger partial charge < -0.3 is 10.1 Å². The second-order valence-electron chi connectivity index (χ2n) is 3.33. The molecule has 4 nitrogen and oxygen atoms in total. The van der Waals surface area contributed by atoms with Gasteiger partial charge in [-0.15, -0.1) is 13.6 Å². The third kappa shape index (κ3) is 2.82. The van der Waals surface area contributed by atoms with Gasteiger partial charge in [0, 0.05) is 25.8 Å². The van der Waals surface area contributed by atoms with Crippen molar-refractivity contribution in [2.24, 2.45) is 0 Å². The van der Waals surface area contributed by atoms with Gasteiger partial charge in [-0.25, -0.2) is 4.79 Å². The standard InChI is InChI=1S/C10H18N2O2/c1-3-6-12(10(13)11-2)9-4-7-14-8-5-9/h3,9H,1-2,4-8,11H2. The summed E-state index contributed by atoms with van der Waals surface area (Å²) in [5.41, 5.74) is 0. The Kier molecular flexibility index (Phi) is 4.62. The molecule has 0 aromatic rings. The molecule has 2 amide bonds. The van der Waals surface area contributed by atoms with E-state index in [2.05, 4.69) is 13.6 Å². The quantitative estimate of drug-likeness (QED) is 0.517. The van der Waals surface area contributed by atoms with Crippen LogP contribution in [0.1, 0.15) is 12.8 Å². The van der Waals surface area contributed by atoms with E-state index in [0.717, 1.165) is 26.1 Å². The lowest BCUT2D eigenvalue weighted by atomic mass is 10.1. The van der Waals surface area contributed by atoms with Gasteiger partial charge in [-0.2, -0.15) is 0 Å². The Bertz CT molecular complexity index is 200. The fourth-order valence-corrected chi connectivity index (χ4v) is 1.67. The van der Waals surface area contributed by atoms with Crippen LogP contribution in [0.25, 0.3) is 0 Å². The lowest BCUT2D eigenvalue weighted by molar-refractivity contribution is -0.498. The lowest BCUT2D eigenvalue weighted by Gasteiger charge is -2.31. The van der Waals surface area contributed by atoms with Gasteiger partial charge in [-0.3, -0.25) is 4.90 Å². The number of carbonyl (C=O) groups is 1. The van der Waals surface area contributed by atoms with Crippen molar-refractivity contribution in [3.63, 3.8) is 0 Å². The topological polar surface area (TPSA) is 46.2 Å². The van der Waals surface area contributed by atoms with Crippen LogP contribution in [0.5, 0.6) is 0 Å². The highest BCUT2D eigenvalue weighted by Gasteiger charge is 2.25. The van der Waals surface area contributed by atoms with Crippen LogP contribution in [0.3, 0.4) is 0 Å². The number of hydrogen-bond donors (Lipinski definition) is 1. The molecule has 0 spiro atoms. The summed E-state index contributed by atoms with van der Waals surface area (Å²) >= 11 is 0. The Hall–Kier alpha value is -0.870. The van der Waals surface area contributed by atoms with E-state index in [1.807, 2.05) is 4.90 Å². The average molecular weight is 198 g/mol. The molecule has 0 aromatic heterocycles. The molecule has 0 aliphatic carbocycles. The molecule has 1 saturated heterocycles. The van der Waals surface area contributed by atoms with Gasteiger partial charge in [0.25, 0.3) is 0 Å². The van der Waals surface area contributed by atoms with Gasteiger partial charge in [0.05, 0.1) is 0 Å². The number of amides is 2. The van der Waals surface area contributed by atoms with Crippen LogP contribution < -0.4 is 5.32 Å². The van der Waals surface area contributed by atoms with E-state index in [-0.39, 0.29) is 12.1 Å². The first-order chi connectivity index (χ1) is 6.79. The highest BCUT2D eigenvalue weighted by Crippen LogP contribution is 2.13. The van der Waals surface area contributed by atoms with Crippen LogP contribution >= 0.6 is 0 Å². The predicted octanol–water partition coefficient (Wildman–Crippen LogP) is 0.128. The molecule has 1 aliphatic rings. The van der Waals surface area contributed by atoms with Crippen LogP contribution in [0.15, 0.2) is 12.7 Å². The Balaban J connectivity index is 2.55. The number of carbonyl (C=O) groups excluding carboxylic acids is 1. The summed E-state index contributed by atoms with van der Waals surface area (Å²) in [5.74, 6) is 0. The van der Waals surface area contributed by atoms with Gasteiger partial charge in [0.1, 0.15) is 0 Å². The fraction of sp³-hybridized carbons (Fsp3) is 0.600. The Morgan fingerprint density at radius 1 is 1.64 bits per heavy atom. The zero-order valence-electron chi connectivity index (χ0n) is 8.45. The van der Waals surface area contributed by atoms with E-state index in [9.17, 15) is 4.79 Å². The first-order valence-electron chi connectivity index (χ1n) is 4.91. The van der Waals surface area contributed by atoms with Crippen LogP contribution in [0, 0.1) is 7.05 Å². The van der Waals surface area contributed by atoms with Crippen molar-refractivity contribution in [1.82, 2.24) is 4.90 Å². The highest BCUT2D eigenvalue weighted by atomic mass is 16.5. The number of nitrogens with two attached hydrogens (primary N) is 1. The van der Waals surface area contributed by atoms with E-state index in [4.69, 9.17) is 4.74 Å². The maximum Gasteiger partial charge on any atom is 0.390 e. The van der Waals surface area contributed by atoms with Gasteiger partial charge in [0.2, 0.25) is 0 Å². The molecular weight excluding hydrogens is 180 g/mol. The van der Waals surface area contributed by atoms with Gasteiger partial charge in [0.15, 0.2) is 0 Å². The number of primary amides is 1. The number of nitrogens with zero attached hydrogens (tertiary/aromatic N) is 1. The molecule has 4 heteroatoms. The molecule has 80 valence electrons. The normalized spacial score (nSPS) is 17.8. The molecule has 14 heavy (non-hydrogen) atoms. The largest absolute Gasteiger partial charge is 0.395 e. The van der Waals surface area contributed by atoms with Crippen LogP contribution in [-0.4, -0.2) is 36.7 Å². The maximum absolute atomic E-state index is 11.5. The van der Waals surface area contributed by atoms with Crippen molar-refractivity contribution in [1.29, 1.82) is 0 Å². The molecule has 0 radical (unpaired) electrons. The summed E-state index contributed by atoms with van der Waals surface area (Å²) < 4.78 is 5.25. The van der Waals surface area contributed by atoms with Crippen molar-refractivity contribution in [3.8, 4) is 0 Å². The SMILES string of the molecule is C=CCN(C(=O)[NH2+][CH2-])C1CCOCC1. The summed E-state index contributed by atoms with van der Waals surface area (Å²) in [6, 6.07) is 0.268. The molecule has 1 heterocycles. The van der Waals surface area contributed by atoms with E-state index in [0.29, 0.717) is 6.54 Å². The molecule has 0 unspecified atom stereocenters. The maximum atomic E-state index is 11.5. The van der Waals surface area contributed by atoms with Crippen LogP contribution in [-0.2, 0) is 4.74 Å². The van der Waals surface area contributed by atoms with Crippen molar-refractivity contribution >= 4 is 6.03 Å². The van der Waals surface area contributed by atoms with E-state index < -0.39 is 0 Å². The molecule has 2 N–H and O–H groups in total. The van der Waals surface area contributed by atoms with E-state index in [1.54, 1.807) is 6.08 Å². The Morgan fingerprint density at radius 2 is 2.29 bits per heavy atom. The third-order valence-electron chi connectivity index (χ3n) is 2.42. The Labute approximate surface area is 84.9 Å². The molecule has 0 saturated carbocycles. The second kappa shape index (κ2) is 5.78. The fourth-order valence-electron chi connectivity index (χ4n) is 1.67. The molecule has 1 rings (SSSR count). The molecule has 1 fully saturated rings. The van der Waals surface area contributed by atoms with Gasteiger partial charge in [-0.05, 0) is 12.8 Å². The smallest absolute Gasteiger partial charge is 0.390 e. The summed E-state index contributed by atoms with van der Waals surface area (Å²) in [4.78, 5) is 13.3. The van der Waals surface area contributed by atoms with Crippen LogP contribution in [0.4, 0.5) is 4.79 Å².